The normalized spacial score (nSPS) is 11.6. The molecule has 14 heteroatoms. The summed E-state index contributed by atoms with van der Waals surface area (Å²) in [5.74, 6) is 0.940. The lowest BCUT2D eigenvalue weighted by Gasteiger charge is -2.24. The molecule has 3 aromatic carbocycles. The number of amides is 1. The van der Waals surface area contributed by atoms with Crippen molar-refractivity contribution in [3.63, 3.8) is 0 Å². The molecule has 1 fully saturated rings. The fraction of sp³-hybridized carbons (Fsp3) is 0.447. The Morgan fingerprint density at radius 3 is 2.15 bits per heavy atom. The maximum Gasteiger partial charge on any atom is 0.404 e. The van der Waals surface area contributed by atoms with Gasteiger partial charge in [-0.3, -0.25) is 10.1 Å². The number of nitrogens with zero attached hydrogens (tertiary/aromatic N) is 2. The molecule has 0 atom stereocenters. The molecule has 0 radical (unpaired) electrons. The highest BCUT2D eigenvalue weighted by Gasteiger charge is 2.26. The number of nitro groups is 1. The van der Waals surface area contributed by atoms with Crippen molar-refractivity contribution in [2.45, 2.75) is 58.5 Å². The van der Waals surface area contributed by atoms with Crippen LogP contribution in [0.3, 0.4) is 0 Å². The molecule has 288 valence electrons. The molecule has 13 nitrogen and oxygen atoms in total. The fourth-order valence-electron chi connectivity index (χ4n) is 4.20. The SMILES string of the molecule is C#C.C1CCOC1.CC(C)CN(CCCNC(=O)O)S(=O)(=O)c1cccc([N+](=O)[O-])c1.CCO.Cc1ccc(OCCOCc2ccccc2)cc1. The highest BCUT2D eigenvalue weighted by molar-refractivity contribution is 7.89. The molecular formula is C38H55N3O10S. The van der Waals surface area contributed by atoms with E-state index in [1.54, 1.807) is 6.92 Å². The lowest BCUT2D eigenvalue weighted by atomic mass is 10.2. The highest BCUT2D eigenvalue weighted by Crippen LogP contribution is 2.22. The average Bonchev–Trinajstić information content (AvgIpc) is 3.73. The average molecular weight is 746 g/mol. The topological polar surface area (TPSA) is 178 Å². The summed E-state index contributed by atoms with van der Waals surface area (Å²) in [5.41, 5.74) is 2.13. The van der Waals surface area contributed by atoms with Crippen molar-refractivity contribution in [2.75, 3.05) is 52.7 Å². The van der Waals surface area contributed by atoms with E-state index >= 15 is 0 Å². The van der Waals surface area contributed by atoms with Gasteiger partial charge >= 0.3 is 6.09 Å². The molecule has 1 heterocycles. The first-order valence-corrected chi connectivity index (χ1v) is 18.4. The van der Waals surface area contributed by atoms with E-state index in [0.717, 1.165) is 25.0 Å². The molecule has 0 unspecified atom stereocenters. The smallest absolute Gasteiger partial charge is 0.404 e. The van der Waals surface area contributed by atoms with Gasteiger partial charge in [-0.2, -0.15) is 4.31 Å². The number of nitro benzene ring substituents is 1. The number of aliphatic hydroxyl groups excluding tert-OH is 1. The van der Waals surface area contributed by atoms with Gasteiger partial charge in [-0.1, -0.05) is 67.9 Å². The van der Waals surface area contributed by atoms with Crippen LogP contribution in [0, 0.1) is 35.8 Å². The van der Waals surface area contributed by atoms with E-state index < -0.39 is 21.0 Å². The molecule has 1 amide bonds. The molecule has 3 N–H and O–H groups in total. The summed E-state index contributed by atoms with van der Waals surface area (Å²) < 4.78 is 42.8. The maximum absolute atomic E-state index is 12.7. The number of hydrogen-bond donors (Lipinski definition) is 3. The van der Waals surface area contributed by atoms with E-state index in [1.807, 2.05) is 56.3 Å². The number of sulfonamides is 1. The quantitative estimate of drug-likeness (QED) is 0.0670. The largest absolute Gasteiger partial charge is 0.491 e. The lowest BCUT2D eigenvalue weighted by molar-refractivity contribution is -0.385. The van der Waals surface area contributed by atoms with Gasteiger partial charge in [-0.15, -0.1) is 12.8 Å². The second-order valence-electron chi connectivity index (χ2n) is 11.4. The van der Waals surface area contributed by atoms with E-state index in [4.69, 9.17) is 24.4 Å². The number of carbonyl (C=O) groups is 1. The first-order chi connectivity index (χ1) is 24.9. The summed E-state index contributed by atoms with van der Waals surface area (Å²) in [7, 11) is -3.90. The Balaban J connectivity index is 0.000000807. The zero-order chi connectivity index (χ0) is 39.2. The van der Waals surface area contributed by atoms with Crippen molar-refractivity contribution in [3.8, 4) is 18.6 Å². The monoisotopic (exact) mass is 745 g/mol. The molecule has 1 aliphatic heterocycles. The number of carboxylic acid groups (broad SMARTS) is 1. The third kappa shape index (κ3) is 22.3. The van der Waals surface area contributed by atoms with Crippen molar-refractivity contribution in [1.29, 1.82) is 0 Å². The van der Waals surface area contributed by atoms with Crippen LogP contribution in [0.4, 0.5) is 10.5 Å². The Morgan fingerprint density at radius 1 is 1.02 bits per heavy atom. The zero-order valence-electron chi connectivity index (χ0n) is 30.7. The first-order valence-electron chi connectivity index (χ1n) is 16.9. The van der Waals surface area contributed by atoms with Gasteiger partial charge in [0, 0.05) is 51.6 Å². The van der Waals surface area contributed by atoms with Crippen molar-refractivity contribution in [3.05, 3.63) is 100 Å². The number of hydrogen-bond acceptors (Lipinski definition) is 9. The summed E-state index contributed by atoms with van der Waals surface area (Å²) in [6, 6.07) is 23.1. The van der Waals surface area contributed by atoms with E-state index in [0.29, 0.717) is 26.2 Å². The van der Waals surface area contributed by atoms with Gasteiger partial charge in [0.05, 0.1) is 23.0 Å². The zero-order valence-corrected chi connectivity index (χ0v) is 31.5. The number of aliphatic hydroxyl groups is 1. The summed E-state index contributed by atoms with van der Waals surface area (Å²) in [6.07, 6.45) is 9.68. The molecule has 1 aliphatic rings. The van der Waals surface area contributed by atoms with Gasteiger partial charge in [0.15, 0.2) is 0 Å². The van der Waals surface area contributed by atoms with Crippen molar-refractivity contribution in [2.24, 2.45) is 5.92 Å². The molecular weight excluding hydrogens is 690 g/mol. The standard InChI is InChI=1S/C16H18O2.C14H21N3O6S.C4H8O.C2H6O.C2H2/c1-14-7-9-16(10-8-14)18-12-11-17-13-15-5-3-2-4-6-15;1-11(2)10-16(8-4-7-15-14(18)19)24(22,23)13-6-3-5-12(9-13)17(20)21;1-2-4-5-3-1;1-2-3;1-2/h2-10H,11-13H2,1H3;3,5-6,9,11,15H,4,7-8,10H2,1-2H3,(H,18,19);1-4H2;3H,2H2,1H3;1-2H. The molecule has 0 aliphatic carbocycles. The van der Waals surface area contributed by atoms with Gasteiger partial charge < -0.3 is 29.7 Å². The molecule has 52 heavy (non-hydrogen) atoms. The predicted molar refractivity (Wildman–Crippen MR) is 203 cm³/mol. The number of nitrogens with one attached hydrogen (secondary N) is 1. The van der Waals surface area contributed by atoms with Crippen LogP contribution in [-0.2, 0) is 26.1 Å². The maximum atomic E-state index is 12.7. The summed E-state index contributed by atoms with van der Waals surface area (Å²) in [5, 5.41) is 29.1. The van der Waals surface area contributed by atoms with E-state index in [9.17, 15) is 23.3 Å². The molecule has 0 saturated carbocycles. The minimum atomic E-state index is -3.90. The summed E-state index contributed by atoms with van der Waals surface area (Å²) in [6.45, 7) is 12.0. The fourth-order valence-corrected chi connectivity index (χ4v) is 5.88. The van der Waals surface area contributed by atoms with E-state index in [-0.39, 0.29) is 42.7 Å². The molecule has 0 spiro atoms. The van der Waals surface area contributed by atoms with Crippen molar-refractivity contribution >= 4 is 21.8 Å². The number of ether oxygens (including phenoxy) is 3. The van der Waals surface area contributed by atoms with Crippen LogP contribution in [0.2, 0.25) is 0 Å². The van der Waals surface area contributed by atoms with Crippen LogP contribution >= 0.6 is 0 Å². The second-order valence-corrected chi connectivity index (χ2v) is 13.4. The van der Waals surface area contributed by atoms with Gasteiger partial charge in [0.2, 0.25) is 10.0 Å². The molecule has 0 aromatic heterocycles. The third-order valence-electron chi connectivity index (χ3n) is 6.55. The van der Waals surface area contributed by atoms with Crippen LogP contribution in [0.15, 0.2) is 83.8 Å². The number of terminal acetylenes is 1. The van der Waals surface area contributed by atoms with Gasteiger partial charge in [0.1, 0.15) is 12.4 Å². The Labute approximate surface area is 309 Å². The van der Waals surface area contributed by atoms with Crippen molar-refractivity contribution in [1.82, 2.24) is 9.62 Å². The predicted octanol–water partition coefficient (Wildman–Crippen LogP) is 6.53. The Hall–Kier alpha value is -4.52. The van der Waals surface area contributed by atoms with Gasteiger partial charge in [-0.25, -0.2) is 13.2 Å². The third-order valence-corrected chi connectivity index (χ3v) is 8.41. The van der Waals surface area contributed by atoms with Gasteiger partial charge in [-0.05, 0) is 62.8 Å². The van der Waals surface area contributed by atoms with Crippen LogP contribution in [0.1, 0.15) is 51.2 Å². The number of rotatable bonds is 15. The molecule has 0 bridgehead atoms. The van der Waals surface area contributed by atoms with Gasteiger partial charge in [0.25, 0.3) is 5.69 Å². The van der Waals surface area contributed by atoms with E-state index in [1.165, 1.54) is 46.5 Å². The molecule has 3 aromatic rings. The minimum Gasteiger partial charge on any atom is -0.491 e. The Bertz CT molecular complexity index is 1490. The number of aryl methyl sites for hydroxylation is 1. The summed E-state index contributed by atoms with van der Waals surface area (Å²) in [4.78, 5) is 20.5. The van der Waals surface area contributed by atoms with Crippen LogP contribution in [0.5, 0.6) is 5.75 Å². The van der Waals surface area contributed by atoms with Crippen molar-refractivity contribution < 1.29 is 42.6 Å². The van der Waals surface area contributed by atoms with Crippen LogP contribution in [0.25, 0.3) is 0 Å². The summed E-state index contributed by atoms with van der Waals surface area (Å²) >= 11 is 0. The minimum absolute atomic E-state index is 0.0471. The van der Waals surface area contributed by atoms with E-state index in [2.05, 4.69) is 37.2 Å². The highest BCUT2D eigenvalue weighted by atomic mass is 32.2. The Kier molecular flexibility index (Phi) is 26.6. The van der Waals surface area contributed by atoms with Crippen LogP contribution in [-0.4, -0.2) is 86.6 Å². The molecule has 1 saturated heterocycles. The second kappa shape index (κ2) is 29.1. The number of non-ortho nitro benzene ring substituents is 1. The van der Waals surface area contributed by atoms with Crippen LogP contribution < -0.4 is 10.1 Å². The first kappa shape index (κ1) is 47.5. The molecule has 4 rings (SSSR count). The Morgan fingerprint density at radius 2 is 1.63 bits per heavy atom. The number of benzene rings is 3. The lowest BCUT2D eigenvalue weighted by Crippen LogP contribution is -2.36.